The topological polar surface area (TPSA) is 38.9 Å². The summed E-state index contributed by atoms with van der Waals surface area (Å²) < 4.78 is 4.60. The van der Waals surface area contributed by atoms with E-state index in [9.17, 15) is 0 Å². The molecule has 0 radical (unpaired) electrons. The Morgan fingerprint density at radius 3 is 2.77 bits per heavy atom. The molecule has 0 aliphatic heterocycles. The first-order valence-electron chi connectivity index (χ1n) is 3.49. The van der Waals surface area contributed by atoms with Crippen LogP contribution in [0.1, 0.15) is 0 Å². The van der Waals surface area contributed by atoms with Crippen molar-refractivity contribution in [3.8, 4) is 11.4 Å². The number of aromatic nitrogens is 2. The summed E-state index contributed by atoms with van der Waals surface area (Å²) in [4.78, 5) is 3.87. The van der Waals surface area contributed by atoms with Crippen LogP contribution >= 0.6 is 23.2 Å². The minimum Gasteiger partial charge on any atom is -0.342 e. The second kappa shape index (κ2) is 3.36. The van der Waals surface area contributed by atoms with Gasteiger partial charge in [0.2, 0.25) is 12.2 Å². The third kappa shape index (κ3) is 1.66. The van der Waals surface area contributed by atoms with Gasteiger partial charge in [-0.05, 0) is 18.2 Å². The van der Waals surface area contributed by atoms with Crippen LogP contribution < -0.4 is 0 Å². The van der Waals surface area contributed by atoms with Crippen molar-refractivity contribution in [2.45, 2.75) is 0 Å². The van der Waals surface area contributed by atoms with E-state index in [1.165, 1.54) is 6.39 Å². The minimum absolute atomic E-state index is 0.438. The zero-order valence-corrected chi connectivity index (χ0v) is 7.88. The van der Waals surface area contributed by atoms with Crippen LogP contribution in [-0.4, -0.2) is 10.1 Å². The van der Waals surface area contributed by atoms with E-state index in [2.05, 4.69) is 14.7 Å². The van der Waals surface area contributed by atoms with Gasteiger partial charge in [-0.25, -0.2) is 0 Å². The number of hydrogen-bond donors (Lipinski definition) is 0. The maximum Gasteiger partial charge on any atom is 0.214 e. The number of halogens is 2. The van der Waals surface area contributed by atoms with Crippen molar-refractivity contribution >= 4 is 23.2 Å². The van der Waals surface area contributed by atoms with Crippen LogP contribution in [0.2, 0.25) is 10.0 Å². The van der Waals surface area contributed by atoms with Crippen molar-refractivity contribution in [1.82, 2.24) is 10.1 Å². The molecule has 0 fully saturated rings. The number of benzene rings is 1. The van der Waals surface area contributed by atoms with Gasteiger partial charge in [0.1, 0.15) is 0 Å². The average Bonchev–Trinajstić information content (AvgIpc) is 2.61. The van der Waals surface area contributed by atoms with E-state index in [0.717, 1.165) is 0 Å². The predicted octanol–water partition coefficient (Wildman–Crippen LogP) is 3.04. The first-order valence-corrected chi connectivity index (χ1v) is 4.25. The van der Waals surface area contributed by atoms with Crippen LogP contribution in [0.15, 0.2) is 29.1 Å². The summed E-state index contributed by atoms with van der Waals surface area (Å²) in [5.41, 5.74) is 0.669. The van der Waals surface area contributed by atoms with Crippen molar-refractivity contribution in [1.29, 1.82) is 0 Å². The molecular weight excluding hydrogens is 211 g/mol. The highest BCUT2D eigenvalue weighted by Gasteiger charge is 2.07. The molecule has 1 aromatic carbocycles. The minimum atomic E-state index is 0.438. The molecule has 3 nitrogen and oxygen atoms in total. The van der Waals surface area contributed by atoms with E-state index >= 15 is 0 Å². The van der Waals surface area contributed by atoms with E-state index in [1.807, 2.05) is 0 Å². The zero-order chi connectivity index (χ0) is 9.26. The standard InChI is InChI=1S/C8H4Cl2N2O/c9-5-1-2-7(10)6(3-5)8-11-4-13-12-8/h1-4H. The molecule has 2 aromatic rings. The van der Waals surface area contributed by atoms with Crippen molar-refractivity contribution in [2.75, 3.05) is 0 Å². The van der Waals surface area contributed by atoms with Gasteiger partial charge < -0.3 is 4.52 Å². The molecule has 1 aromatic heterocycles. The Morgan fingerprint density at radius 1 is 1.23 bits per heavy atom. The highest BCUT2D eigenvalue weighted by molar-refractivity contribution is 6.35. The highest BCUT2D eigenvalue weighted by atomic mass is 35.5. The fourth-order valence-electron chi connectivity index (χ4n) is 0.958. The summed E-state index contributed by atoms with van der Waals surface area (Å²) in [6.45, 7) is 0. The molecule has 5 heteroatoms. The SMILES string of the molecule is Clc1ccc(Cl)c(-c2ncon2)c1. The molecule has 13 heavy (non-hydrogen) atoms. The van der Waals surface area contributed by atoms with Crippen molar-refractivity contribution in [3.05, 3.63) is 34.6 Å². The lowest BCUT2D eigenvalue weighted by Crippen LogP contribution is -1.81. The Bertz CT molecular complexity index is 414. The van der Waals surface area contributed by atoms with Gasteiger partial charge >= 0.3 is 0 Å². The molecule has 1 heterocycles. The van der Waals surface area contributed by atoms with Gasteiger partial charge in [-0.1, -0.05) is 28.4 Å². The van der Waals surface area contributed by atoms with Crippen LogP contribution in [0.3, 0.4) is 0 Å². The fourth-order valence-corrected chi connectivity index (χ4v) is 1.33. The Balaban J connectivity index is 2.57. The van der Waals surface area contributed by atoms with E-state index in [-0.39, 0.29) is 0 Å². The Hall–Kier alpha value is -1.06. The second-order valence-corrected chi connectivity index (χ2v) is 3.22. The monoisotopic (exact) mass is 214 g/mol. The van der Waals surface area contributed by atoms with Crippen molar-refractivity contribution < 1.29 is 4.52 Å². The van der Waals surface area contributed by atoms with E-state index in [0.29, 0.717) is 21.4 Å². The van der Waals surface area contributed by atoms with Crippen LogP contribution in [0, 0.1) is 0 Å². The third-order valence-electron chi connectivity index (χ3n) is 1.53. The van der Waals surface area contributed by atoms with Crippen molar-refractivity contribution in [2.24, 2.45) is 0 Å². The van der Waals surface area contributed by atoms with Crippen LogP contribution in [0.25, 0.3) is 11.4 Å². The zero-order valence-electron chi connectivity index (χ0n) is 6.37. The number of nitrogens with zero attached hydrogens (tertiary/aromatic N) is 2. The Kier molecular flexibility index (Phi) is 2.20. The lowest BCUT2D eigenvalue weighted by atomic mass is 10.2. The largest absolute Gasteiger partial charge is 0.342 e. The van der Waals surface area contributed by atoms with Gasteiger partial charge in [-0.3, -0.25) is 0 Å². The van der Waals surface area contributed by atoms with Gasteiger partial charge in [0.25, 0.3) is 0 Å². The highest BCUT2D eigenvalue weighted by Crippen LogP contribution is 2.27. The van der Waals surface area contributed by atoms with Crippen molar-refractivity contribution in [3.63, 3.8) is 0 Å². The smallest absolute Gasteiger partial charge is 0.214 e. The first-order chi connectivity index (χ1) is 6.27. The summed E-state index contributed by atoms with van der Waals surface area (Å²) >= 11 is 11.7. The van der Waals surface area contributed by atoms with Gasteiger partial charge in [0.15, 0.2) is 0 Å². The fraction of sp³-hybridized carbons (Fsp3) is 0. The van der Waals surface area contributed by atoms with Gasteiger partial charge in [-0.15, -0.1) is 0 Å². The summed E-state index contributed by atoms with van der Waals surface area (Å²) in [6, 6.07) is 5.08. The molecule has 2 rings (SSSR count). The lowest BCUT2D eigenvalue weighted by Gasteiger charge is -1.98. The quantitative estimate of drug-likeness (QED) is 0.733. The maximum absolute atomic E-state index is 5.91. The molecule has 0 aliphatic rings. The predicted molar refractivity (Wildman–Crippen MR) is 49.8 cm³/mol. The molecule has 0 aliphatic carbocycles. The molecule has 0 unspecified atom stereocenters. The normalized spacial score (nSPS) is 10.3. The van der Waals surface area contributed by atoms with E-state index in [4.69, 9.17) is 23.2 Å². The number of rotatable bonds is 1. The average molecular weight is 215 g/mol. The second-order valence-electron chi connectivity index (χ2n) is 2.38. The van der Waals surface area contributed by atoms with E-state index in [1.54, 1.807) is 18.2 Å². The molecule has 0 bridgehead atoms. The number of hydrogen-bond acceptors (Lipinski definition) is 3. The Labute approximate surface area is 84.3 Å². The molecular formula is C8H4Cl2N2O. The summed E-state index contributed by atoms with van der Waals surface area (Å²) in [5, 5.41) is 4.79. The summed E-state index contributed by atoms with van der Waals surface area (Å²) in [7, 11) is 0. The molecule has 0 amide bonds. The van der Waals surface area contributed by atoms with E-state index < -0.39 is 0 Å². The maximum atomic E-state index is 5.91. The third-order valence-corrected chi connectivity index (χ3v) is 2.10. The molecule has 0 saturated heterocycles. The van der Waals surface area contributed by atoms with Crippen LogP contribution in [0.5, 0.6) is 0 Å². The van der Waals surface area contributed by atoms with Crippen LogP contribution in [0.4, 0.5) is 0 Å². The summed E-state index contributed by atoms with van der Waals surface area (Å²) in [6.07, 6.45) is 1.24. The van der Waals surface area contributed by atoms with Gasteiger partial charge in [-0.2, -0.15) is 4.98 Å². The first kappa shape index (κ1) is 8.53. The molecule has 0 saturated carbocycles. The van der Waals surface area contributed by atoms with Gasteiger partial charge in [0.05, 0.1) is 5.02 Å². The van der Waals surface area contributed by atoms with Gasteiger partial charge in [0, 0.05) is 10.6 Å². The molecule has 66 valence electrons. The Morgan fingerprint density at radius 2 is 2.08 bits per heavy atom. The molecule has 0 N–H and O–H groups in total. The summed E-state index contributed by atoms with van der Waals surface area (Å²) in [5.74, 6) is 0.438. The van der Waals surface area contributed by atoms with Crippen LogP contribution in [-0.2, 0) is 0 Å². The molecule has 0 atom stereocenters. The molecule has 0 spiro atoms. The lowest BCUT2D eigenvalue weighted by molar-refractivity contribution is 0.419.